The molecule has 5 heteroatoms. The third-order valence-corrected chi connectivity index (χ3v) is 10.3. The van der Waals surface area contributed by atoms with E-state index in [1.807, 2.05) is 0 Å². The van der Waals surface area contributed by atoms with Gasteiger partial charge < -0.3 is 9.64 Å². The van der Waals surface area contributed by atoms with Crippen molar-refractivity contribution in [3.8, 4) is 0 Å². The molecule has 0 bridgehead atoms. The van der Waals surface area contributed by atoms with Crippen LogP contribution in [0, 0.1) is 28.6 Å². The molecule has 6 rings (SSSR count). The maximum atomic E-state index is 11.7. The van der Waals surface area contributed by atoms with Crippen LogP contribution in [0.2, 0.25) is 0 Å². The molecule has 0 aromatic carbocycles. The summed E-state index contributed by atoms with van der Waals surface area (Å²) in [7, 11) is 2.21. The van der Waals surface area contributed by atoms with Crippen molar-refractivity contribution in [1.82, 2.24) is 9.91 Å². The summed E-state index contributed by atoms with van der Waals surface area (Å²) >= 11 is 0. The van der Waals surface area contributed by atoms with Gasteiger partial charge >= 0.3 is 5.97 Å². The summed E-state index contributed by atoms with van der Waals surface area (Å²) in [5, 5.41) is 7.47. The molecule has 2 unspecified atom stereocenters. The fourth-order valence-corrected chi connectivity index (χ4v) is 8.23. The Balaban J connectivity index is 1.18. The molecule has 5 atom stereocenters. The lowest BCUT2D eigenvalue weighted by molar-refractivity contribution is -0.134. The van der Waals surface area contributed by atoms with Gasteiger partial charge in [0, 0.05) is 49.0 Å². The number of allylic oxidation sites excluding steroid dienone is 3. The van der Waals surface area contributed by atoms with Crippen molar-refractivity contribution in [2.75, 3.05) is 39.8 Å². The molecule has 0 N–H and O–H groups in total. The Hall–Kier alpha value is -1.88. The number of hydrogen-bond acceptors (Lipinski definition) is 5. The normalized spacial score (nSPS) is 42.2. The summed E-state index contributed by atoms with van der Waals surface area (Å²) in [6, 6.07) is 0. The highest BCUT2D eigenvalue weighted by Crippen LogP contribution is 2.65. The summed E-state index contributed by atoms with van der Waals surface area (Å²) in [6.07, 6.45) is 15.3. The van der Waals surface area contributed by atoms with Gasteiger partial charge in [-0.1, -0.05) is 31.6 Å². The summed E-state index contributed by atoms with van der Waals surface area (Å²) < 4.78 is 5.25. The van der Waals surface area contributed by atoms with Gasteiger partial charge in [-0.25, -0.2) is 4.79 Å². The predicted octanol–water partition coefficient (Wildman–Crippen LogP) is 4.57. The van der Waals surface area contributed by atoms with E-state index >= 15 is 0 Å². The van der Waals surface area contributed by atoms with Crippen LogP contribution in [0.1, 0.15) is 58.8 Å². The minimum absolute atomic E-state index is 0.0902. The molecule has 2 aliphatic heterocycles. The molecule has 0 aromatic heterocycles. The molecule has 0 aromatic rings. The van der Waals surface area contributed by atoms with Gasteiger partial charge in [0.05, 0.1) is 0 Å². The Bertz CT molecular complexity index is 970. The van der Waals surface area contributed by atoms with E-state index in [1.165, 1.54) is 56.2 Å². The van der Waals surface area contributed by atoms with Crippen LogP contribution in [0.5, 0.6) is 0 Å². The van der Waals surface area contributed by atoms with Gasteiger partial charge in [0.25, 0.3) is 0 Å². The zero-order valence-electron chi connectivity index (χ0n) is 20.6. The average molecular weight is 450 g/mol. The fraction of sp³-hybridized carbons (Fsp3) is 0.714. The lowest BCUT2D eigenvalue weighted by Gasteiger charge is -2.59. The molecule has 2 heterocycles. The van der Waals surface area contributed by atoms with Crippen LogP contribution < -0.4 is 0 Å². The number of carbonyl (C=O) groups excluding carboxylic acids is 1. The number of hydrazone groups is 1. The quantitative estimate of drug-likeness (QED) is 0.579. The van der Waals surface area contributed by atoms with Crippen molar-refractivity contribution in [2.24, 2.45) is 33.7 Å². The Morgan fingerprint density at radius 2 is 1.88 bits per heavy atom. The number of likely N-dealkylation sites (N-methyl/N-ethyl adjacent to an activating group) is 1. The molecule has 0 radical (unpaired) electrons. The van der Waals surface area contributed by atoms with Crippen LogP contribution in [0.25, 0.3) is 0 Å². The Labute approximate surface area is 198 Å². The van der Waals surface area contributed by atoms with Gasteiger partial charge in [-0.3, -0.25) is 5.01 Å². The minimum Gasteiger partial charge on any atom is -0.458 e. The predicted molar refractivity (Wildman–Crippen MR) is 131 cm³/mol. The van der Waals surface area contributed by atoms with Gasteiger partial charge in [-0.2, -0.15) is 5.10 Å². The van der Waals surface area contributed by atoms with Crippen molar-refractivity contribution in [3.05, 3.63) is 34.9 Å². The molecule has 3 saturated carbocycles. The SMILES string of the molecule is CN1CCN(N=C2CC[C@@]3(C)C(CCC4C5=CC=C(C6=CC(=O)OC6)[C@@]5(C)CC[C@@H]43)C2)CC1. The Morgan fingerprint density at radius 1 is 1.06 bits per heavy atom. The topological polar surface area (TPSA) is 45.1 Å². The fourth-order valence-electron chi connectivity index (χ4n) is 8.23. The number of rotatable bonds is 2. The lowest BCUT2D eigenvalue weighted by Crippen LogP contribution is -2.51. The molecule has 4 fully saturated rings. The number of ether oxygens (including phenoxy) is 1. The van der Waals surface area contributed by atoms with Gasteiger partial charge in [-0.05, 0) is 80.7 Å². The maximum Gasteiger partial charge on any atom is 0.331 e. The second-order valence-electron chi connectivity index (χ2n) is 12.0. The van der Waals surface area contributed by atoms with E-state index < -0.39 is 0 Å². The van der Waals surface area contributed by atoms with E-state index in [1.54, 1.807) is 11.6 Å². The van der Waals surface area contributed by atoms with Crippen molar-refractivity contribution in [2.45, 2.75) is 58.8 Å². The number of nitrogens with zero attached hydrogens (tertiary/aromatic N) is 3. The molecule has 0 amide bonds. The first-order chi connectivity index (χ1) is 15.9. The monoisotopic (exact) mass is 449 g/mol. The first-order valence-corrected chi connectivity index (χ1v) is 13.2. The molecule has 33 heavy (non-hydrogen) atoms. The third-order valence-electron chi connectivity index (χ3n) is 10.3. The average Bonchev–Trinajstić information content (AvgIpc) is 3.38. The summed E-state index contributed by atoms with van der Waals surface area (Å²) in [5.41, 5.74) is 6.08. The van der Waals surface area contributed by atoms with E-state index in [4.69, 9.17) is 9.84 Å². The number of hydrogen-bond donors (Lipinski definition) is 0. The molecule has 4 aliphatic carbocycles. The van der Waals surface area contributed by atoms with Crippen molar-refractivity contribution >= 4 is 11.7 Å². The van der Waals surface area contributed by atoms with Gasteiger partial charge in [-0.15, -0.1) is 0 Å². The van der Waals surface area contributed by atoms with E-state index in [2.05, 4.69) is 43.0 Å². The summed E-state index contributed by atoms with van der Waals surface area (Å²) in [5.74, 6) is 2.07. The minimum atomic E-state index is -0.180. The summed E-state index contributed by atoms with van der Waals surface area (Å²) in [6.45, 7) is 9.88. The first-order valence-electron chi connectivity index (χ1n) is 13.2. The zero-order valence-corrected chi connectivity index (χ0v) is 20.6. The molecular weight excluding hydrogens is 410 g/mol. The zero-order chi connectivity index (χ0) is 22.8. The van der Waals surface area contributed by atoms with Crippen molar-refractivity contribution in [3.63, 3.8) is 0 Å². The number of carbonyl (C=O) groups is 1. The van der Waals surface area contributed by atoms with E-state index in [-0.39, 0.29) is 11.4 Å². The smallest absolute Gasteiger partial charge is 0.331 e. The van der Waals surface area contributed by atoms with Crippen LogP contribution in [0.3, 0.4) is 0 Å². The first kappa shape index (κ1) is 21.6. The molecule has 1 saturated heterocycles. The molecule has 0 spiro atoms. The number of piperazine rings is 1. The van der Waals surface area contributed by atoms with Crippen molar-refractivity contribution in [1.29, 1.82) is 0 Å². The van der Waals surface area contributed by atoms with Crippen LogP contribution in [-0.2, 0) is 9.53 Å². The number of fused-ring (bicyclic) bond motifs is 5. The highest BCUT2D eigenvalue weighted by Gasteiger charge is 2.56. The maximum absolute atomic E-state index is 11.7. The Kier molecular flexibility index (Phi) is 5.13. The standard InChI is InChI=1S/C28H39N3O2/c1-27-10-8-21(29-31-14-12-30(3)13-15-31)17-20(27)4-5-22-24-7-6-23(19-16-26(32)33-18-19)28(24,2)11-9-25(22)27/h6-7,16,20,22,25H,4-5,8-15,17-18H2,1-3H3/t20?,22?,25-,27-,28+/m0/s1. The second kappa shape index (κ2) is 7.83. The molecule has 178 valence electrons. The second-order valence-corrected chi connectivity index (χ2v) is 12.0. The van der Waals surface area contributed by atoms with Gasteiger partial charge in [0.15, 0.2) is 0 Å². The van der Waals surface area contributed by atoms with Crippen LogP contribution in [0.4, 0.5) is 0 Å². The Morgan fingerprint density at radius 3 is 2.64 bits per heavy atom. The molecule has 5 nitrogen and oxygen atoms in total. The molecule has 6 aliphatic rings. The van der Waals surface area contributed by atoms with Crippen LogP contribution >= 0.6 is 0 Å². The van der Waals surface area contributed by atoms with Crippen LogP contribution in [0.15, 0.2) is 40.0 Å². The number of cyclic esters (lactones) is 1. The highest BCUT2D eigenvalue weighted by atomic mass is 16.5. The van der Waals surface area contributed by atoms with Crippen LogP contribution in [-0.4, -0.2) is 61.4 Å². The lowest BCUT2D eigenvalue weighted by atomic mass is 9.46. The number of esters is 1. The molecular formula is C28H39N3O2. The highest BCUT2D eigenvalue weighted by molar-refractivity contribution is 5.87. The van der Waals surface area contributed by atoms with E-state index in [0.717, 1.165) is 43.6 Å². The summed E-state index contributed by atoms with van der Waals surface area (Å²) in [4.78, 5) is 14.1. The van der Waals surface area contributed by atoms with Crippen molar-refractivity contribution < 1.29 is 9.53 Å². The van der Waals surface area contributed by atoms with Gasteiger partial charge in [0.1, 0.15) is 6.61 Å². The largest absolute Gasteiger partial charge is 0.458 e. The van der Waals surface area contributed by atoms with E-state index in [9.17, 15) is 4.79 Å². The van der Waals surface area contributed by atoms with E-state index in [0.29, 0.717) is 17.9 Å². The third kappa shape index (κ3) is 3.45. The van der Waals surface area contributed by atoms with Gasteiger partial charge in [0.2, 0.25) is 0 Å².